The molecule has 0 saturated heterocycles. The highest BCUT2D eigenvalue weighted by Crippen LogP contribution is 2.21. The molecule has 0 spiro atoms. The summed E-state index contributed by atoms with van der Waals surface area (Å²) < 4.78 is 13.4. The number of nitrogens with one attached hydrogen (secondary N) is 1. The maximum absolute atomic E-state index is 13.4. The lowest BCUT2D eigenvalue weighted by Crippen LogP contribution is -2.28. The average Bonchev–Trinajstić information content (AvgIpc) is 2.49. The molecule has 0 radical (unpaired) electrons. The fourth-order valence-electron chi connectivity index (χ4n) is 2.19. The molecule has 1 aromatic heterocycles. The molecule has 0 aliphatic rings. The summed E-state index contributed by atoms with van der Waals surface area (Å²) in [6.07, 6.45) is 4.33. The van der Waals surface area contributed by atoms with Crippen molar-refractivity contribution in [2.45, 2.75) is 25.3 Å². The largest absolute Gasteiger partial charge is 0.317 e. The summed E-state index contributed by atoms with van der Waals surface area (Å²) in [5.74, 6) is -0.358. The van der Waals surface area contributed by atoms with Gasteiger partial charge < -0.3 is 5.32 Å². The van der Waals surface area contributed by atoms with Gasteiger partial charge in [0.2, 0.25) is 0 Å². The normalized spacial score (nSPS) is 12.3. The lowest BCUT2D eigenvalue weighted by Gasteiger charge is -2.17. The monoisotopic (exact) mass is 292 g/mol. The van der Waals surface area contributed by atoms with Crippen LogP contribution in [0.15, 0.2) is 42.6 Å². The Labute approximate surface area is 124 Å². The minimum Gasteiger partial charge on any atom is -0.317 e. The van der Waals surface area contributed by atoms with Crippen LogP contribution in [0.2, 0.25) is 5.02 Å². The lowest BCUT2D eigenvalue weighted by atomic mass is 10.0. The van der Waals surface area contributed by atoms with Gasteiger partial charge in [-0.25, -0.2) is 4.39 Å². The topological polar surface area (TPSA) is 24.9 Å². The van der Waals surface area contributed by atoms with Crippen molar-refractivity contribution in [2.24, 2.45) is 0 Å². The van der Waals surface area contributed by atoms with Crippen LogP contribution in [0, 0.1) is 5.82 Å². The number of hydrogen-bond donors (Lipinski definition) is 1. The Balaban J connectivity index is 1.97. The molecule has 1 aromatic carbocycles. The van der Waals surface area contributed by atoms with E-state index in [1.807, 2.05) is 31.3 Å². The number of benzene rings is 1. The van der Waals surface area contributed by atoms with Gasteiger partial charge in [0.05, 0.1) is 5.02 Å². The molecule has 20 heavy (non-hydrogen) atoms. The molecule has 1 N–H and O–H groups in total. The van der Waals surface area contributed by atoms with Gasteiger partial charge >= 0.3 is 0 Å². The summed E-state index contributed by atoms with van der Waals surface area (Å²) in [5, 5.41) is 3.49. The summed E-state index contributed by atoms with van der Waals surface area (Å²) in [7, 11) is 1.91. The third-order valence-electron chi connectivity index (χ3n) is 3.38. The number of aromatic nitrogens is 1. The third-order valence-corrected chi connectivity index (χ3v) is 3.80. The second-order valence-electron chi connectivity index (χ2n) is 4.76. The summed E-state index contributed by atoms with van der Waals surface area (Å²) in [5.41, 5.74) is 1.91. The predicted molar refractivity (Wildman–Crippen MR) is 80.5 cm³/mol. The van der Waals surface area contributed by atoms with E-state index in [4.69, 9.17) is 11.6 Å². The Morgan fingerprint density at radius 2 is 2.10 bits per heavy atom. The molecule has 0 saturated carbocycles. The Morgan fingerprint density at radius 1 is 1.25 bits per heavy atom. The van der Waals surface area contributed by atoms with Crippen molar-refractivity contribution in [2.75, 3.05) is 7.05 Å². The molecule has 2 rings (SSSR count). The number of likely N-dealkylation sites (N-methyl/N-ethyl adjacent to an activating group) is 1. The molecule has 0 fully saturated rings. The first-order valence-corrected chi connectivity index (χ1v) is 7.08. The second-order valence-corrected chi connectivity index (χ2v) is 5.14. The van der Waals surface area contributed by atoms with Gasteiger partial charge in [0.1, 0.15) is 5.82 Å². The summed E-state index contributed by atoms with van der Waals surface area (Å²) in [4.78, 5) is 4.31. The van der Waals surface area contributed by atoms with Crippen LogP contribution in [-0.2, 0) is 12.8 Å². The zero-order chi connectivity index (χ0) is 14.4. The van der Waals surface area contributed by atoms with Crippen LogP contribution >= 0.6 is 11.6 Å². The van der Waals surface area contributed by atoms with E-state index >= 15 is 0 Å². The predicted octanol–water partition coefficient (Wildman–Crippen LogP) is 3.64. The van der Waals surface area contributed by atoms with E-state index in [2.05, 4.69) is 10.3 Å². The zero-order valence-corrected chi connectivity index (χ0v) is 12.2. The van der Waals surface area contributed by atoms with Gasteiger partial charge in [0, 0.05) is 17.9 Å². The van der Waals surface area contributed by atoms with E-state index in [0.717, 1.165) is 24.1 Å². The van der Waals surface area contributed by atoms with Crippen molar-refractivity contribution in [3.63, 3.8) is 0 Å². The first-order chi connectivity index (χ1) is 9.70. The summed E-state index contributed by atoms with van der Waals surface area (Å²) in [6.45, 7) is 0. The molecule has 0 bridgehead atoms. The first-order valence-electron chi connectivity index (χ1n) is 6.70. The van der Waals surface area contributed by atoms with Crippen molar-refractivity contribution in [3.05, 3.63) is 64.7 Å². The molecule has 106 valence electrons. The maximum Gasteiger partial charge on any atom is 0.142 e. The van der Waals surface area contributed by atoms with Crippen LogP contribution in [0.25, 0.3) is 0 Å². The van der Waals surface area contributed by atoms with Crippen LogP contribution in [0.5, 0.6) is 0 Å². The van der Waals surface area contributed by atoms with E-state index in [1.165, 1.54) is 6.07 Å². The quantitative estimate of drug-likeness (QED) is 0.879. The van der Waals surface area contributed by atoms with E-state index in [-0.39, 0.29) is 16.9 Å². The van der Waals surface area contributed by atoms with Crippen molar-refractivity contribution in [3.8, 4) is 0 Å². The van der Waals surface area contributed by atoms with Gasteiger partial charge in [-0.3, -0.25) is 4.98 Å². The van der Waals surface area contributed by atoms with Crippen LogP contribution in [0.4, 0.5) is 4.39 Å². The van der Waals surface area contributed by atoms with Crippen LogP contribution in [-0.4, -0.2) is 18.1 Å². The van der Waals surface area contributed by atoms with Gasteiger partial charge in [-0.2, -0.15) is 0 Å². The fourth-order valence-corrected chi connectivity index (χ4v) is 2.39. The summed E-state index contributed by atoms with van der Waals surface area (Å²) in [6, 6.07) is 11.1. The fraction of sp³-hybridized carbons (Fsp3) is 0.312. The number of nitrogens with zero attached hydrogens (tertiary/aromatic N) is 1. The minimum atomic E-state index is -0.358. The van der Waals surface area contributed by atoms with Gasteiger partial charge in [0.25, 0.3) is 0 Å². The highest BCUT2D eigenvalue weighted by molar-refractivity contribution is 6.31. The smallest absolute Gasteiger partial charge is 0.142 e. The molecule has 1 atom stereocenters. The van der Waals surface area contributed by atoms with Gasteiger partial charge in [-0.05, 0) is 50.1 Å². The van der Waals surface area contributed by atoms with Crippen LogP contribution in [0.1, 0.15) is 17.7 Å². The standard InChI is InChI=1S/C16H18ClFN2/c1-19-14(9-8-13-6-2-3-10-20-13)11-12-5-4-7-15(18)16(12)17/h2-7,10,14,19H,8-9,11H2,1H3. The number of aryl methyl sites for hydroxylation is 1. The molecule has 2 aromatic rings. The molecule has 1 heterocycles. The highest BCUT2D eigenvalue weighted by Gasteiger charge is 2.12. The van der Waals surface area contributed by atoms with Gasteiger partial charge in [-0.1, -0.05) is 29.8 Å². The molecule has 1 unspecified atom stereocenters. The van der Waals surface area contributed by atoms with Gasteiger partial charge in [-0.15, -0.1) is 0 Å². The SMILES string of the molecule is CNC(CCc1ccccn1)Cc1cccc(F)c1Cl. The van der Waals surface area contributed by atoms with E-state index < -0.39 is 0 Å². The van der Waals surface area contributed by atoms with Crippen LogP contribution < -0.4 is 5.32 Å². The molecular weight excluding hydrogens is 275 g/mol. The van der Waals surface area contributed by atoms with Crippen molar-refractivity contribution in [1.29, 1.82) is 0 Å². The van der Waals surface area contributed by atoms with E-state index in [1.54, 1.807) is 12.3 Å². The number of rotatable bonds is 6. The van der Waals surface area contributed by atoms with E-state index in [0.29, 0.717) is 6.42 Å². The molecular formula is C16H18ClFN2. The maximum atomic E-state index is 13.4. The molecule has 0 amide bonds. The lowest BCUT2D eigenvalue weighted by molar-refractivity contribution is 0.515. The number of pyridine rings is 1. The average molecular weight is 293 g/mol. The van der Waals surface area contributed by atoms with Crippen molar-refractivity contribution in [1.82, 2.24) is 10.3 Å². The Morgan fingerprint density at radius 3 is 2.80 bits per heavy atom. The Bertz CT molecular complexity index is 545. The molecule has 2 nitrogen and oxygen atoms in total. The van der Waals surface area contributed by atoms with E-state index in [9.17, 15) is 4.39 Å². The Hall–Kier alpha value is -1.45. The van der Waals surface area contributed by atoms with Gasteiger partial charge in [0.15, 0.2) is 0 Å². The third kappa shape index (κ3) is 4.02. The van der Waals surface area contributed by atoms with Crippen molar-refractivity contribution < 1.29 is 4.39 Å². The number of halogens is 2. The summed E-state index contributed by atoms with van der Waals surface area (Å²) >= 11 is 6.00. The molecule has 0 aliphatic carbocycles. The molecule has 4 heteroatoms. The second kappa shape index (κ2) is 7.36. The minimum absolute atomic E-state index is 0.227. The van der Waals surface area contributed by atoms with Crippen molar-refractivity contribution >= 4 is 11.6 Å². The number of hydrogen-bond acceptors (Lipinski definition) is 2. The zero-order valence-electron chi connectivity index (χ0n) is 11.4. The molecule has 0 aliphatic heterocycles. The Kier molecular flexibility index (Phi) is 5.50. The first kappa shape index (κ1) is 14.9. The highest BCUT2D eigenvalue weighted by atomic mass is 35.5. The van der Waals surface area contributed by atoms with Crippen LogP contribution in [0.3, 0.4) is 0 Å².